The molecule has 5 aromatic rings. The van der Waals surface area contributed by atoms with E-state index in [1.807, 2.05) is 145 Å². The Labute approximate surface area is 533 Å². The van der Waals surface area contributed by atoms with Crippen LogP contribution in [0.1, 0.15) is 128 Å². The lowest BCUT2D eigenvalue weighted by Crippen LogP contribution is -2.61. The number of para-hydroxylation sites is 1. The standard InChI is InChI=1S/C69H91N11O11/c1-41(2)55(35-43(5)65(87)88)79(13)64(86)60(68(6,7)8)77-63(85)59(71-11)69(9,10)51-39-78(12)54-31-26-45(36-50(51)54)37-73-67(90)91-40-44-24-29-49(30-25-44)74-61(83)52(22-18-34-72-66(70)89)75-62(84)58(42(3)4)76-56(81)32-33-57(82)80-38-48-21-15-14-19-46(48)27-28-47-20-16-17-23-53(47)80/h14-17,19-21,23-31,35-36,39,41-42,52,55,58-60,71H,18,22,32-34,37-38,40H2,1-13H3,(H,73,90)(H,74,83)(H,75,84)(H,76,81)(H,77,85)(H,87,88)(H3,70,72,89)/b28-27-,43-35+/t52-,55+,58-,59+,60+/m0/s1. The second kappa shape index (κ2) is 31.4. The summed E-state index contributed by atoms with van der Waals surface area (Å²) in [6, 6.07) is 22.4. The number of benzene rings is 4. The number of aromatic nitrogens is 1. The summed E-state index contributed by atoms with van der Waals surface area (Å²) in [6.07, 6.45) is 6.86. The van der Waals surface area contributed by atoms with E-state index in [1.165, 1.54) is 11.8 Å². The minimum absolute atomic E-state index is 0.0928. The first kappa shape index (κ1) is 70.8. The predicted molar refractivity (Wildman–Crippen MR) is 353 cm³/mol. The summed E-state index contributed by atoms with van der Waals surface area (Å²) in [5.74, 6) is -4.34. The van der Waals surface area contributed by atoms with Crippen molar-refractivity contribution in [2.45, 2.75) is 150 Å². The molecule has 5 atom stereocenters. The molecule has 488 valence electrons. The van der Waals surface area contributed by atoms with Gasteiger partial charge in [0.1, 0.15) is 24.7 Å². The molecule has 4 aromatic carbocycles. The molecule has 9 amide bonds. The fraction of sp³-hybridized carbons (Fsp3) is 0.435. The molecule has 10 N–H and O–H groups in total. The Balaban J connectivity index is 1.05. The van der Waals surface area contributed by atoms with E-state index in [0.29, 0.717) is 17.8 Å². The van der Waals surface area contributed by atoms with Gasteiger partial charge in [-0.25, -0.2) is 14.4 Å². The first-order valence-electron chi connectivity index (χ1n) is 30.7. The number of rotatable bonds is 27. The van der Waals surface area contributed by atoms with Crippen LogP contribution >= 0.6 is 0 Å². The molecule has 0 bridgehead atoms. The van der Waals surface area contributed by atoms with Gasteiger partial charge < -0.3 is 67.2 Å². The molecule has 0 fully saturated rings. The Morgan fingerprint density at radius 2 is 1.41 bits per heavy atom. The number of nitrogens with two attached hydrogens (primary N) is 1. The third-order valence-electron chi connectivity index (χ3n) is 16.5. The van der Waals surface area contributed by atoms with Gasteiger partial charge in [-0.15, -0.1) is 0 Å². The van der Waals surface area contributed by atoms with E-state index < -0.39 is 88.7 Å². The number of fused-ring (bicyclic) bond motifs is 3. The summed E-state index contributed by atoms with van der Waals surface area (Å²) in [4.78, 5) is 124. The third kappa shape index (κ3) is 18.9. The Morgan fingerprint density at radius 1 is 0.758 bits per heavy atom. The molecule has 0 radical (unpaired) electrons. The number of hydrogen-bond donors (Lipinski definition) is 9. The van der Waals surface area contributed by atoms with Gasteiger partial charge in [0.25, 0.3) is 0 Å². The van der Waals surface area contributed by atoms with Gasteiger partial charge in [-0.1, -0.05) is 141 Å². The van der Waals surface area contributed by atoms with E-state index in [2.05, 4.69) is 37.2 Å². The number of hydrogen-bond acceptors (Lipinski definition) is 11. The third-order valence-corrected chi connectivity index (χ3v) is 16.5. The first-order chi connectivity index (χ1) is 42.9. The zero-order chi connectivity index (χ0) is 67.1. The van der Waals surface area contributed by atoms with Crippen molar-refractivity contribution in [1.29, 1.82) is 0 Å². The molecule has 22 nitrogen and oxygen atoms in total. The Bertz CT molecular complexity index is 3530. The number of carbonyl (C=O) groups is 9. The molecule has 1 aliphatic heterocycles. The highest BCUT2D eigenvalue weighted by molar-refractivity contribution is 6.01. The van der Waals surface area contributed by atoms with Gasteiger partial charge in [-0.2, -0.15) is 0 Å². The summed E-state index contributed by atoms with van der Waals surface area (Å²) in [7, 11) is 5.22. The minimum atomic E-state index is -1.11. The number of amides is 9. The number of urea groups is 1. The van der Waals surface area contributed by atoms with E-state index in [0.717, 1.165) is 44.4 Å². The van der Waals surface area contributed by atoms with Crippen LogP contribution < -0.4 is 47.9 Å². The summed E-state index contributed by atoms with van der Waals surface area (Å²) in [5.41, 5.74) is 10.8. The topological polar surface area (TPSA) is 305 Å². The van der Waals surface area contributed by atoms with Crippen molar-refractivity contribution in [1.82, 2.24) is 41.4 Å². The molecule has 0 unspecified atom stereocenters. The number of aryl methyl sites for hydroxylation is 1. The van der Waals surface area contributed by atoms with Crippen LogP contribution in [-0.4, -0.2) is 119 Å². The summed E-state index contributed by atoms with van der Waals surface area (Å²) < 4.78 is 7.54. The minimum Gasteiger partial charge on any atom is -0.478 e. The number of carbonyl (C=O) groups excluding carboxylic acids is 8. The molecule has 22 heteroatoms. The van der Waals surface area contributed by atoms with Gasteiger partial charge in [-0.05, 0) is 108 Å². The van der Waals surface area contributed by atoms with Crippen LogP contribution in [0.25, 0.3) is 23.1 Å². The Hall–Kier alpha value is -9.31. The van der Waals surface area contributed by atoms with Crippen molar-refractivity contribution in [2.24, 2.45) is 30.0 Å². The van der Waals surface area contributed by atoms with E-state index in [1.54, 1.807) is 63.2 Å². The van der Waals surface area contributed by atoms with Crippen LogP contribution in [0.2, 0.25) is 0 Å². The summed E-state index contributed by atoms with van der Waals surface area (Å²) >= 11 is 0. The number of nitrogens with zero attached hydrogens (tertiary/aromatic N) is 3. The number of ether oxygens (including phenoxy) is 1. The number of carboxylic acid groups (broad SMARTS) is 1. The lowest BCUT2D eigenvalue weighted by atomic mass is 9.76. The lowest BCUT2D eigenvalue weighted by Gasteiger charge is -2.39. The number of anilines is 2. The first-order valence-corrected chi connectivity index (χ1v) is 30.7. The Kier molecular flexibility index (Phi) is 24.4. The molecule has 91 heavy (non-hydrogen) atoms. The second-order valence-electron chi connectivity index (χ2n) is 25.6. The van der Waals surface area contributed by atoms with Gasteiger partial charge in [-0.3, -0.25) is 28.8 Å². The van der Waals surface area contributed by atoms with E-state index in [-0.39, 0.29) is 68.7 Å². The van der Waals surface area contributed by atoms with Crippen molar-refractivity contribution in [3.8, 4) is 0 Å². The highest BCUT2D eigenvalue weighted by atomic mass is 16.5. The normalized spacial score (nSPS) is 14.5. The predicted octanol–water partition coefficient (Wildman–Crippen LogP) is 8.03. The quantitative estimate of drug-likeness (QED) is 0.0178. The molecule has 1 aromatic heterocycles. The molecule has 0 aliphatic carbocycles. The summed E-state index contributed by atoms with van der Waals surface area (Å²) in [6.45, 7) is 18.7. The molecule has 0 saturated carbocycles. The molecular formula is C69H91N11O11. The molecule has 2 heterocycles. The number of likely N-dealkylation sites (N-methyl/N-ethyl adjacent to an activating group) is 2. The van der Waals surface area contributed by atoms with Gasteiger partial charge in [0.15, 0.2) is 0 Å². The molecule has 0 spiro atoms. The highest BCUT2D eigenvalue weighted by Crippen LogP contribution is 2.36. The monoisotopic (exact) mass is 1250 g/mol. The zero-order valence-corrected chi connectivity index (χ0v) is 54.6. The zero-order valence-electron chi connectivity index (χ0n) is 54.6. The number of alkyl carbamates (subject to hydrolysis) is 1. The van der Waals surface area contributed by atoms with Crippen LogP contribution in [-0.2, 0) is 70.5 Å². The van der Waals surface area contributed by atoms with Crippen LogP contribution in [0, 0.1) is 17.3 Å². The second-order valence-corrected chi connectivity index (χ2v) is 25.6. The van der Waals surface area contributed by atoms with Crippen molar-refractivity contribution >= 4 is 88.0 Å². The molecular weight excluding hydrogens is 1160 g/mol. The van der Waals surface area contributed by atoms with Crippen molar-refractivity contribution in [3.63, 3.8) is 0 Å². The Morgan fingerprint density at radius 3 is 2.04 bits per heavy atom. The molecule has 6 rings (SSSR count). The fourth-order valence-corrected chi connectivity index (χ4v) is 11.2. The smallest absolute Gasteiger partial charge is 0.407 e. The number of carboxylic acids is 1. The van der Waals surface area contributed by atoms with Gasteiger partial charge in [0, 0.05) is 73.8 Å². The van der Waals surface area contributed by atoms with Crippen molar-refractivity contribution < 1.29 is 53.0 Å². The maximum Gasteiger partial charge on any atom is 0.407 e. The van der Waals surface area contributed by atoms with Gasteiger partial charge in [0.2, 0.25) is 35.4 Å². The molecule has 1 aliphatic rings. The van der Waals surface area contributed by atoms with Crippen LogP contribution in [0.4, 0.5) is 21.0 Å². The van der Waals surface area contributed by atoms with Gasteiger partial charge in [0.05, 0.1) is 24.3 Å². The van der Waals surface area contributed by atoms with Crippen LogP contribution in [0.3, 0.4) is 0 Å². The molecule has 0 saturated heterocycles. The summed E-state index contributed by atoms with van der Waals surface area (Å²) in [5, 5.41) is 30.4. The maximum atomic E-state index is 14.5. The number of nitrogens with one attached hydrogen (secondary N) is 7. The van der Waals surface area contributed by atoms with Crippen molar-refractivity contribution in [2.75, 3.05) is 30.9 Å². The SMILES string of the molecule is CN[C@H](C(=O)N[C@H](C(=O)N(C)[C@H](/C=C(\C)C(=O)O)C(C)C)C(C)(C)C)C(C)(C)c1cn(C)c2ccc(CNC(=O)OCc3ccc(NC(=O)[C@H](CCCNC(N)=O)NC(=O)[C@@H](NC(=O)CCC(=O)N4Cc5ccccc5/C=C\c5ccccc54)C(C)C)cc3)cc12. The van der Waals surface area contributed by atoms with Crippen molar-refractivity contribution in [3.05, 3.63) is 142 Å². The average Bonchev–Trinajstić information content (AvgIpc) is 1.66. The number of aliphatic carboxylic acids is 1. The van der Waals surface area contributed by atoms with E-state index in [9.17, 15) is 48.3 Å². The van der Waals surface area contributed by atoms with Gasteiger partial charge >= 0.3 is 18.1 Å². The average molecular weight is 1250 g/mol. The largest absolute Gasteiger partial charge is 0.478 e. The maximum absolute atomic E-state index is 14.5. The number of primary amides is 1. The van der Waals surface area contributed by atoms with E-state index >= 15 is 0 Å². The van der Waals surface area contributed by atoms with Crippen LogP contribution in [0.5, 0.6) is 0 Å². The highest BCUT2D eigenvalue weighted by Gasteiger charge is 2.43. The van der Waals surface area contributed by atoms with E-state index in [4.69, 9.17) is 10.5 Å². The van der Waals surface area contributed by atoms with Crippen LogP contribution in [0.15, 0.2) is 109 Å². The lowest BCUT2D eigenvalue weighted by molar-refractivity contribution is -0.141. The fourth-order valence-electron chi connectivity index (χ4n) is 11.2.